The van der Waals surface area contributed by atoms with E-state index >= 15 is 0 Å². The van der Waals surface area contributed by atoms with Gasteiger partial charge in [0.1, 0.15) is 5.69 Å². The summed E-state index contributed by atoms with van der Waals surface area (Å²) in [7, 11) is 0. The second-order valence-corrected chi connectivity index (χ2v) is 10.3. The fraction of sp³-hybridized carbons (Fsp3) is 0.321. The molecule has 0 amide bonds. The lowest BCUT2D eigenvalue weighted by Crippen LogP contribution is -2.15. The van der Waals surface area contributed by atoms with Crippen LogP contribution < -0.4 is 0 Å². The van der Waals surface area contributed by atoms with E-state index in [1.165, 1.54) is 15.9 Å². The van der Waals surface area contributed by atoms with Crippen molar-refractivity contribution in [2.75, 3.05) is 13.2 Å². The van der Waals surface area contributed by atoms with Crippen LogP contribution in [0.5, 0.6) is 0 Å². The van der Waals surface area contributed by atoms with Crippen LogP contribution in [0.1, 0.15) is 55.3 Å². The van der Waals surface area contributed by atoms with E-state index < -0.39 is 6.09 Å². The standard InChI is InChI=1S/C28H28BrN3O5S/c29-21-14-12-20(13-15-21)25(33)17-37-26(34)11-5-3-1-2-4-8-16-36-28(35)32-24-10-7-6-9-22(24)31-27(32)23-18-38-19-30-23/h6-7,9-10,12-15,18-19H,1-5,8,11,16-17H2. The largest absolute Gasteiger partial charge is 0.457 e. The minimum atomic E-state index is -0.459. The number of rotatable bonds is 13. The van der Waals surface area contributed by atoms with Crippen molar-refractivity contribution in [1.29, 1.82) is 0 Å². The molecular formula is C28H28BrN3O5S. The molecular weight excluding hydrogens is 570 g/mol. The first-order valence-corrected chi connectivity index (χ1v) is 14.2. The lowest BCUT2D eigenvalue weighted by Gasteiger charge is -2.08. The summed E-state index contributed by atoms with van der Waals surface area (Å²) in [6, 6.07) is 14.4. The number of hydrogen-bond acceptors (Lipinski definition) is 8. The van der Waals surface area contributed by atoms with Crippen molar-refractivity contribution in [1.82, 2.24) is 14.5 Å². The minimum Gasteiger partial charge on any atom is -0.457 e. The third-order valence-corrected chi connectivity index (χ3v) is 7.05. The molecule has 0 spiro atoms. The summed E-state index contributed by atoms with van der Waals surface area (Å²) in [6.45, 7) is 0.0832. The lowest BCUT2D eigenvalue weighted by molar-refractivity contribution is -0.142. The van der Waals surface area contributed by atoms with Crippen molar-refractivity contribution in [3.8, 4) is 11.5 Å². The molecule has 0 bridgehead atoms. The number of Topliss-reactive ketones (excluding diaryl/α,β-unsaturated/α-hetero) is 1. The lowest BCUT2D eigenvalue weighted by atomic mass is 10.1. The number of benzene rings is 2. The molecule has 4 aromatic rings. The maximum Gasteiger partial charge on any atom is 0.420 e. The summed E-state index contributed by atoms with van der Waals surface area (Å²) in [5, 5.41) is 1.86. The summed E-state index contributed by atoms with van der Waals surface area (Å²) in [5.74, 6) is -0.0905. The summed E-state index contributed by atoms with van der Waals surface area (Å²) in [6.07, 6.45) is 5.07. The van der Waals surface area contributed by atoms with Gasteiger partial charge in [0.2, 0.25) is 0 Å². The number of aromatic nitrogens is 3. The predicted molar refractivity (Wildman–Crippen MR) is 149 cm³/mol. The number of esters is 1. The quantitative estimate of drug-likeness (QED) is 0.0923. The second kappa shape index (κ2) is 14.0. The zero-order valence-electron chi connectivity index (χ0n) is 20.8. The summed E-state index contributed by atoms with van der Waals surface area (Å²) >= 11 is 4.77. The molecule has 8 nitrogen and oxygen atoms in total. The third kappa shape index (κ3) is 7.58. The molecule has 0 atom stereocenters. The minimum absolute atomic E-state index is 0.216. The molecule has 2 aromatic carbocycles. The van der Waals surface area contributed by atoms with E-state index in [-0.39, 0.29) is 18.4 Å². The van der Waals surface area contributed by atoms with Crippen molar-refractivity contribution in [2.45, 2.75) is 44.9 Å². The van der Waals surface area contributed by atoms with E-state index in [1.807, 2.05) is 29.6 Å². The third-order valence-electron chi connectivity index (χ3n) is 5.94. The number of fused-ring (bicyclic) bond motifs is 1. The van der Waals surface area contributed by atoms with Gasteiger partial charge in [-0.05, 0) is 37.1 Å². The fourth-order valence-corrected chi connectivity index (χ4v) is 4.74. The number of carbonyl (C=O) groups excluding carboxylic acids is 3. The topological polar surface area (TPSA) is 100 Å². The first kappa shape index (κ1) is 27.7. The highest BCUT2D eigenvalue weighted by molar-refractivity contribution is 9.10. The van der Waals surface area contributed by atoms with Gasteiger partial charge in [-0.15, -0.1) is 11.3 Å². The van der Waals surface area contributed by atoms with Gasteiger partial charge in [0.05, 0.1) is 23.2 Å². The van der Waals surface area contributed by atoms with Gasteiger partial charge in [0.25, 0.3) is 0 Å². The number of unbranched alkanes of at least 4 members (excludes halogenated alkanes) is 5. The van der Waals surface area contributed by atoms with E-state index in [0.717, 1.165) is 36.6 Å². The highest BCUT2D eigenvalue weighted by Crippen LogP contribution is 2.25. The summed E-state index contributed by atoms with van der Waals surface area (Å²) in [4.78, 5) is 45.7. The molecule has 2 heterocycles. The van der Waals surface area contributed by atoms with E-state index in [2.05, 4.69) is 25.9 Å². The van der Waals surface area contributed by atoms with Crippen LogP contribution >= 0.6 is 27.3 Å². The van der Waals surface area contributed by atoms with Crippen LogP contribution in [0.4, 0.5) is 4.79 Å². The molecule has 2 aromatic heterocycles. The molecule has 0 radical (unpaired) electrons. The van der Waals surface area contributed by atoms with Crippen molar-refractivity contribution in [3.05, 3.63) is 69.5 Å². The first-order valence-electron chi connectivity index (χ1n) is 12.5. The van der Waals surface area contributed by atoms with Gasteiger partial charge in [-0.25, -0.2) is 19.3 Å². The van der Waals surface area contributed by atoms with Crippen LogP contribution in [0, 0.1) is 0 Å². The van der Waals surface area contributed by atoms with Crippen LogP contribution in [-0.2, 0) is 14.3 Å². The molecule has 198 valence electrons. The normalized spacial score (nSPS) is 11.0. The average Bonchev–Trinajstić information content (AvgIpc) is 3.59. The Morgan fingerprint density at radius 1 is 0.895 bits per heavy atom. The Bertz CT molecular complexity index is 1370. The highest BCUT2D eigenvalue weighted by Gasteiger charge is 2.20. The van der Waals surface area contributed by atoms with Gasteiger partial charge in [-0.1, -0.05) is 65.9 Å². The Hall–Kier alpha value is -3.37. The smallest absolute Gasteiger partial charge is 0.420 e. The number of imidazole rings is 1. The number of hydrogen-bond donors (Lipinski definition) is 0. The Morgan fingerprint density at radius 3 is 2.39 bits per heavy atom. The second-order valence-electron chi connectivity index (χ2n) is 8.71. The summed E-state index contributed by atoms with van der Waals surface area (Å²) in [5.41, 5.74) is 4.27. The zero-order valence-corrected chi connectivity index (χ0v) is 23.2. The van der Waals surface area contributed by atoms with Gasteiger partial charge in [-0.3, -0.25) is 9.59 Å². The van der Waals surface area contributed by atoms with Gasteiger partial charge in [0.15, 0.2) is 18.2 Å². The van der Waals surface area contributed by atoms with Crippen molar-refractivity contribution < 1.29 is 23.9 Å². The van der Waals surface area contributed by atoms with Gasteiger partial charge in [-0.2, -0.15) is 0 Å². The zero-order chi connectivity index (χ0) is 26.7. The number of ether oxygens (including phenoxy) is 2. The van der Waals surface area contributed by atoms with Gasteiger partial charge < -0.3 is 9.47 Å². The van der Waals surface area contributed by atoms with Gasteiger partial charge in [0, 0.05) is 21.8 Å². The number of thiazole rings is 1. The fourth-order valence-electron chi connectivity index (χ4n) is 3.95. The first-order chi connectivity index (χ1) is 18.5. The maximum atomic E-state index is 12.9. The monoisotopic (exact) mass is 597 g/mol. The molecule has 0 saturated heterocycles. The average molecular weight is 599 g/mol. The van der Waals surface area contributed by atoms with Gasteiger partial charge >= 0.3 is 12.1 Å². The Morgan fingerprint density at radius 2 is 1.63 bits per heavy atom. The highest BCUT2D eigenvalue weighted by atomic mass is 79.9. The molecule has 0 aliphatic heterocycles. The molecule has 0 N–H and O–H groups in total. The number of para-hydroxylation sites is 2. The predicted octanol–water partition coefficient (Wildman–Crippen LogP) is 7.06. The molecule has 0 unspecified atom stereocenters. The van der Waals surface area contributed by atoms with E-state index in [1.54, 1.807) is 29.8 Å². The Balaban J connectivity index is 1.09. The summed E-state index contributed by atoms with van der Waals surface area (Å²) < 4.78 is 13.0. The molecule has 10 heteroatoms. The van der Waals surface area contributed by atoms with Crippen molar-refractivity contribution in [2.24, 2.45) is 0 Å². The van der Waals surface area contributed by atoms with E-state index in [0.29, 0.717) is 47.6 Å². The van der Waals surface area contributed by atoms with Crippen molar-refractivity contribution >= 4 is 56.1 Å². The molecule has 4 rings (SSSR count). The molecule has 0 fully saturated rings. The van der Waals surface area contributed by atoms with Crippen molar-refractivity contribution in [3.63, 3.8) is 0 Å². The molecule has 0 saturated carbocycles. The number of halogens is 1. The number of nitrogens with zero attached hydrogens (tertiary/aromatic N) is 3. The van der Waals surface area contributed by atoms with E-state index in [4.69, 9.17) is 9.47 Å². The number of ketones is 1. The van der Waals surface area contributed by atoms with Crippen LogP contribution in [0.15, 0.2) is 63.9 Å². The molecule has 0 aliphatic carbocycles. The molecule has 38 heavy (non-hydrogen) atoms. The number of carbonyl (C=O) groups is 3. The Labute approximate surface area is 233 Å². The van der Waals surface area contributed by atoms with Crippen LogP contribution in [-0.4, -0.2) is 45.6 Å². The van der Waals surface area contributed by atoms with Crippen LogP contribution in [0.3, 0.4) is 0 Å². The Kier molecular flexibility index (Phi) is 10.2. The van der Waals surface area contributed by atoms with Crippen LogP contribution in [0.25, 0.3) is 22.6 Å². The van der Waals surface area contributed by atoms with E-state index in [9.17, 15) is 14.4 Å². The maximum absolute atomic E-state index is 12.9. The molecule has 0 aliphatic rings. The SMILES string of the molecule is O=C(CCCCCCCCOC(=O)n1c(-c2cscn2)nc2ccccc21)OCC(=O)c1ccc(Br)cc1. The van der Waals surface area contributed by atoms with Crippen LogP contribution in [0.2, 0.25) is 0 Å².